The number of nitrogens with one attached hydrogen (secondary N) is 3. The predicted molar refractivity (Wildman–Crippen MR) is 419 cm³/mol. The summed E-state index contributed by atoms with van der Waals surface area (Å²) < 4.78 is 203. The zero-order chi connectivity index (χ0) is 91.8. The Morgan fingerprint density at radius 2 is 0.586 bits per heavy atom. The molecule has 697 valence electrons. The van der Waals surface area contributed by atoms with E-state index in [0.29, 0.717) is 0 Å². The number of phosphoric ester groups is 6. The normalized spacial score (nSPS) is 28.8. The molecule has 6 fully saturated rings. The monoisotopic (exact) mass is 2020 g/mol. The third kappa shape index (κ3) is 22.3. The smallest absolute Gasteiger partial charge is 0.349 e. The first-order valence-electron chi connectivity index (χ1n) is 37.0. The molecule has 0 spiro atoms. The van der Waals surface area contributed by atoms with E-state index in [0.717, 1.165) is 61.9 Å². The standard InChI is InChI=1S/C57H74N24O39P7Se/c58-34-1-4-76(55(85)67-34)37-8-23(28(109-37)13-103-121(88,89)90)116-124(96,97)106-16-31-26(11-41(113-31)80-20-65-44-47(80)71-53(62)74-50(44)83)119-125(98,99)105-15-30-24(9-38(110-30)77-5-2-35(59)68-56(77)86)117-126(100,101)107-17-32-27(12-42(114-32)81-21-66-45-48(81)72-54(63)75-51(45)84)120-127(102,128)108-18-33-25(10-39(111-33)78-6-3-36(60)69-57(78)87)118-123(94,95)104-14-29-22(115-122(91,92)93)7-40(112-29)79-19-64-43-46(79)70-52(61)73-49(43)82/h1-6,19-33,37-42H,7-18H2,(H,94,95)(H,96,97)(H,98,99)(H,100,101)(H2,58,67,85)(H2,59,68,86)(H2,60,69,87)(H2,88,89,90)(H2,91,92,93)(H3,61,70,73,82)(H3,62,71,74,83)(H3,63,72,75,84)/t22-,23-,24-,25-,26-,27-,28+,29+,30+,31+,32+,33+,37+,38+,39+,40+,41+,42+,127?/m0/s1. The molecule has 9 aromatic rings. The number of nitrogen functional groups attached to an aromatic ring is 6. The number of nitrogens with zero attached hydrogens (tertiary/aromatic N) is 15. The maximum atomic E-state index is 14.8. The van der Waals surface area contributed by atoms with E-state index in [1.807, 2.05) is 0 Å². The SMILES string of the molecule is Nc1ccn([C@H]2C[C@H](OP(=O)(O)OC[C@H]3O[C@@H](n4cnc5c(=O)[nH]c(N)nc54)C[C@@H]3OP(=O)(O)OC[C@H]3O[C@@H](n4ccc(N)nc4=O)C[C@@H]3OP(=O)(O)OC[C@H]3O[C@@H](n4cnc5c(=O)[nH]c(N)nc54)C[C@@H]3OP(=O)([Se])OC[C@H]3O[C@@H](n4ccc(N)nc4=O)C[C@@H]3OP(=O)(O)OC[C@H]3O[C@@H](n4cnc5c(=O)[nH]c(N)nc54)C[C@@H]3OP(=O)(O)O)[C@@H](COP(=O)(O)O)O2)c(=O)n1. The molecule has 23 atom stereocenters. The van der Waals surface area contributed by atoms with Crippen LogP contribution in [0.5, 0.6) is 0 Å². The van der Waals surface area contributed by atoms with Gasteiger partial charge in [-0.3, -0.25) is 51.4 Å². The van der Waals surface area contributed by atoms with Gasteiger partial charge in [-0.05, 0) is 12.1 Å². The van der Waals surface area contributed by atoms with Crippen LogP contribution >= 0.6 is 53.2 Å². The van der Waals surface area contributed by atoms with Crippen LogP contribution in [0.2, 0.25) is 0 Å². The van der Waals surface area contributed by atoms with Crippen molar-refractivity contribution in [2.75, 3.05) is 74.0 Å². The second-order valence-electron chi connectivity index (χ2n) is 28.6. The molecule has 1 radical (unpaired) electrons. The van der Waals surface area contributed by atoms with Crippen molar-refractivity contribution < 1.29 is 154 Å². The van der Waals surface area contributed by atoms with Crippen molar-refractivity contribution in [1.29, 1.82) is 0 Å². The van der Waals surface area contributed by atoms with Crippen molar-refractivity contribution in [3.8, 4) is 0 Å². The van der Waals surface area contributed by atoms with Gasteiger partial charge < -0.3 is 61.8 Å². The first kappa shape index (κ1) is 94.2. The number of aromatic nitrogens is 18. The number of hydrogen-bond acceptors (Lipinski definition) is 46. The molecule has 63 nitrogen and oxygen atoms in total. The zero-order valence-electron chi connectivity index (χ0n) is 64.5. The number of fused-ring (bicyclic) bond motifs is 3. The molecule has 0 bridgehead atoms. The Balaban J connectivity index is 0.639. The topological polar surface area (TPSA) is 899 Å². The molecular formula is C57H74N24O39P7Se. The Hall–Kier alpha value is -8.42. The van der Waals surface area contributed by atoms with E-state index >= 15 is 0 Å². The fourth-order valence-electron chi connectivity index (χ4n) is 14.4. The van der Waals surface area contributed by atoms with Crippen LogP contribution in [0.15, 0.2) is 84.5 Å². The molecule has 0 aromatic carbocycles. The van der Waals surface area contributed by atoms with Crippen LogP contribution < -0.4 is 68.1 Å². The van der Waals surface area contributed by atoms with Crippen LogP contribution in [0.3, 0.4) is 0 Å². The first-order valence-corrected chi connectivity index (χ1v) is 49.8. The summed E-state index contributed by atoms with van der Waals surface area (Å²) in [5.41, 5.74) is 27.9. The summed E-state index contributed by atoms with van der Waals surface area (Å²) in [7, 11) is -32.9. The number of phosphoric acid groups is 6. The third-order valence-corrected chi connectivity index (χ3v) is 27.2. The Bertz CT molecular complexity index is 6450. The second-order valence-corrected chi connectivity index (χ2v) is 40.8. The number of aromatic amines is 3. The van der Waals surface area contributed by atoms with E-state index in [9.17, 15) is 99.9 Å². The second kappa shape index (κ2) is 37.0. The van der Waals surface area contributed by atoms with Gasteiger partial charge in [-0.1, -0.05) is 0 Å². The average Bonchev–Trinajstić information content (AvgIpc) is 1.39. The quantitative estimate of drug-likeness (QED) is 0.0135. The zero-order valence-corrected chi connectivity index (χ0v) is 72.5. The van der Waals surface area contributed by atoms with E-state index in [1.165, 1.54) is 21.3 Å². The molecule has 6 aliphatic rings. The molecular weight excluding hydrogens is 1940 g/mol. The van der Waals surface area contributed by atoms with Crippen molar-refractivity contribution in [2.24, 2.45) is 0 Å². The predicted octanol–water partition coefficient (Wildman–Crippen LogP) is -3.35. The molecule has 0 aliphatic carbocycles. The Morgan fingerprint density at radius 3 is 0.844 bits per heavy atom. The van der Waals surface area contributed by atoms with Gasteiger partial charge in [0.2, 0.25) is 11.9 Å². The van der Waals surface area contributed by atoms with Crippen LogP contribution in [-0.4, -0.2) is 255 Å². The summed E-state index contributed by atoms with van der Waals surface area (Å²) in [6, 6.07) is 3.56. The van der Waals surface area contributed by atoms with Crippen LogP contribution in [0.4, 0.5) is 35.3 Å². The summed E-state index contributed by atoms with van der Waals surface area (Å²) in [4.78, 5) is 205. The number of anilines is 6. The van der Waals surface area contributed by atoms with E-state index in [4.69, 9.17) is 113 Å². The van der Waals surface area contributed by atoms with E-state index in [-0.39, 0.29) is 56.9 Å². The van der Waals surface area contributed by atoms with Crippen LogP contribution in [0.25, 0.3) is 33.5 Å². The summed E-state index contributed by atoms with van der Waals surface area (Å²) in [5, 5.41) is 0. The van der Waals surface area contributed by atoms with E-state index in [1.54, 1.807) is 0 Å². The van der Waals surface area contributed by atoms with Crippen molar-refractivity contribution in [3.63, 3.8) is 0 Å². The Morgan fingerprint density at radius 1 is 0.344 bits per heavy atom. The fraction of sp³-hybridized carbons (Fsp3) is 0.526. The van der Waals surface area contributed by atoms with Crippen molar-refractivity contribution in [3.05, 3.63) is 118 Å². The van der Waals surface area contributed by atoms with Gasteiger partial charge >= 0.3 is 392 Å². The first-order chi connectivity index (χ1) is 60.1. The minimum atomic E-state index is -5.67. The Kier molecular flexibility index (Phi) is 27.2. The van der Waals surface area contributed by atoms with E-state index in [2.05, 4.69) is 79.9 Å². The minimum absolute atomic E-state index is 0.131. The number of ether oxygens (including phenoxy) is 6. The van der Waals surface area contributed by atoms with Gasteiger partial charge in [0.15, 0.2) is 22.3 Å². The number of imidazole rings is 3. The van der Waals surface area contributed by atoms with Gasteiger partial charge in [0.25, 0.3) is 11.1 Å². The van der Waals surface area contributed by atoms with Crippen LogP contribution in [0, 0.1) is 0 Å². The summed E-state index contributed by atoms with van der Waals surface area (Å²) in [6.45, 7) is -6.33. The maximum absolute atomic E-state index is 14.8. The summed E-state index contributed by atoms with van der Waals surface area (Å²) >= 11 is 2.26. The molecule has 6 aliphatic heterocycles. The van der Waals surface area contributed by atoms with Crippen molar-refractivity contribution >= 4 is 138 Å². The molecule has 9 aromatic heterocycles. The molecule has 71 heteroatoms. The number of rotatable bonds is 36. The molecule has 128 heavy (non-hydrogen) atoms. The molecule has 0 amide bonds. The van der Waals surface area contributed by atoms with Gasteiger partial charge in [-0.2, -0.15) is 19.9 Å². The van der Waals surface area contributed by atoms with Crippen molar-refractivity contribution in [2.45, 2.75) is 149 Å². The van der Waals surface area contributed by atoms with Gasteiger partial charge in [-0.15, -0.1) is 0 Å². The fourth-order valence-corrected chi connectivity index (χ4v) is 21.2. The van der Waals surface area contributed by atoms with Gasteiger partial charge in [0, 0.05) is 25.2 Å². The summed E-state index contributed by atoms with van der Waals surface area (Å²) in [5.74, 6) is -1.83. The number of hydrogen-bond donors (Lipinski definition) is 17. The number of H-pyrrole nitrogens is 3. The van der Waals surface area contributed by atoms with Crippen LogP contribution in [0.1, 0.15) is 75.9 Å². The summed E-state index contributed by atoms with van der Waals surface area (Å²) in [6.07, 6.45) is -30.1. The molecule has 15 heterocycles. The molecule has 5 unspecified atom stereocenters. The number of nitrogens with two attached hydrogens (primary N) is 6. The molecule has 6 saturated heterocycles. The minimum Gasteiger partial charge on any atom is -0.349 e. The third-order valence-electron chi connectivity index (χ3n) is 19.9. The van der Waals surface area contributed by atoms with Gasteiger partial charge in [0.05, 0.1) is 25.9 Å². The van der Waals surface area contributed by atoms with Crippen molar-refractivity contribution in [1.82, 2.24) is 87.2 Å². The molecule has 23 N–H and O–H groups in total. The van der Waals surface area contributed by atoms with Crippen LogP contribution in [-0.2, 0) is 115 Å². The Labute approximate surface area is 717 Å². The average molecular weight is 2020 g/mol. The van der Waals surface area contributed by atoms with Gasteiger partial charge in [-0.25, -0.2) is 37.8 Å². The van der Waals surface area contributed by atoms with E-state index < -0.39 is 288 Å². The molecule has 15 rings (SSSR count). The molecule has 0 saturated carbocycles. The van der Waals surface area contributed by atoms with Gasteiger partial charge in [0.1, 0.15) is 48.5 Å².